The van der Waals surface area contributed by atoms with Gasteiger partial charge in [-0.3, -0.25) is 9.69 Å². The molecule has 0 aromatic heterocycles. The maximum atomic E-state index is 10.7. The fourth-order valence-corrected chi connectivity index (χ4v) is 1.80. The van der Waals surface area contributed by atoms with E-state index in [1.54, 1.807) is 11.9 Å². The molecule has 1 fully saturated rings. The van der Waals surface area contributed by atoms with Crippen molar-refractivity contribution in [2.45, 2.75) is 18.1 Å². The van der Waals surface area contributed by atoms with Crippen molar-refractivity contribution < 1.29 is 19.7 Å². The molecule has 1 rings (SSSR count). The van der Waals surface area contributed by atoms with E-state index in [1.807, 2.05) is 0 Å². The van der Waals surface area contributed by atoms with Gasteiger partial charge in [-0.2, -0.15) is 0 Å². The highest BCUT2D eigenvalue weighted by Crippen LogP contribution is 2.26. The zero-order valence-electron chi connectivity index (χ0n) is 7.86. The number of carboxylic acids is 1. The van der Waals surface area contributed by atoms with Gasteiger partial charge in [-0.1, -0.05) is 0 Å². The average Bonchev–Trinajstić information content (AvgIpc) is 2.27. The van der Waals surface area contributed by atoms with Crippen LogP contribution in [0.2, 0.25) is 0 Å². The fourth-order valence-electron chi connectivity index (χ4n) is 1.80. The minimum atomic E-state index is -1.01. The predicted octanol–water partition coefficient (Wildman–Crippen LogP) is -0.847. The van der Waals surface area contributed by atoms with Crippen LogP contribution in [0.3, 0.4) is 0 Å². The lowest BCUT2D eigenvalue weighted by Crippen LogP contribution is -2.36. The van der Waals surface area contributed by atoms with Gasteiger partial charge < -0.3 is 14.9 Å². The molecule has 0 saturated carbocycles. The summed E-state index contributed by atoms with van der Waals surface area (Å²) in [6.45, 7) is 0.527. The standard InChI is InChI=1S/C8H15NO4/c1-9-4-8(12,5-13-2)3-6(9)7(10)11/h6,12H,3-5H2,1-2H3,(H,10,11)/t6-,8+/m0/s1. The van der Waals surface area contributed by atoms with E-state index < -0.39 is 17.6 Å². The summed E-state index contributed by atoms with van der Waals surface area (Å²) in [6.07, 6.45) is 0.229. The second-order valence-electron chi connectivity index (χ2n) is 3.63. The molecule has 1 heterocycles. The van der Waals surface area contributed by atoms with Crippen LogP contribution in [0.4, 0.5) is 0 Å². The number of carbonyl (C=O) groups is 1. The molecule has 76 valence electrons. The van der Waals surface area contributed by atoms with Crippen LogP contribution in [0.15, 0.2) is 0 Å². The number of ether oxygens (including phenoxy) is 1. The van der Waals surface area contributed by atoms with Gasteiger partial charge in [0, 0.05) is 20.1 Å². The van der Waals surface area contributed by atoms with E-state index in [1.165, 1.54) is 7.11 Å². The van der Waals surface area contributed by atoms with Crippen molar-refractivity contribution in [1.82, 2.24) is 4.90 Å². The van der Waals surface area contributed by atoms with Gasteiger partial charge in [0.1, 0.15) is 11.6 Å². The molecule has 0 bridgehead atoms. The van der Waals surface area contributed by atoms with Gasteiger partial charge in [-0.25, -0.2) is 0 Å². The number of aliphatic hydroxyl groups is 1. The van der Waals surface area contributed by atoms with Crippen molar-refractivity contribution in [3.8, 4) is 0 Å². The summed E-state index contributed by atoms with van der Waals surface area (Å²) in [4.78, 5) is 12.3. The Hall–Kier alpha value is -0.650. The van der Waals surface area contributed by atoms with E-state index in [0.29, 0.717) is 6.54 Å². The number of methoxy groups -OCH3 is 1. The highest BCUT2D eigenvalue weighted by molar-refractivity contribution is 5.74. The third-order valence-corrected chi connectivity index (χ3v) is 2.35. The lowest BCUT2D eigenvalue weighted by Gasteiger charge is -2.20. The zero-order valence-corrected chi connectivity index (χ0v) is 7.86. The fraction of sp³-hybridized carbons (Fsp3) is 0.875. The molecule has 1 aliphatic heterocycles. The monoisotopic (exact) mass is 189 g/mol. The Morgan fingerprint density at radius 1 is 1.77 bits per heavy atom. The van der Waals surface area contributed by atoms with Crippen LogP contribution in [0.1, 0.15) is 6.42 Å². The molecule has 0 aliphatic carbocycles. The number of nitrogens with zero attached hydrogens (tertiary/aromatic N) is 1. The molecule has 13 heavy (non-hydrogen) atoms. The van der Waals surface area contributed by atoms with Crippen molar-refractivity contribution in [2.24, 2.45) is 0 Å². The number of rotatable bonds is 3. The minimum Gasteiger partial charge on any atom is -0.480 e. The normalized spacial score (nSPS) is 35.2. The largest absolute Gasteiger partial charge is 0.480 e. The summed E-state index contributed by atoms with van der Waals surface area (Å²) in [5.41, 5.74) is -1.01. The highest BCUT2D eigenvalue weighted by atomic mass is 16.5. The van der Waals surface area contributed by atoms with Crippen molar-refractivity contribution in [3.05, 3.63) is 0 Å². The molecule has 1 saturated heterocycles. The van der Waals surface area contributed by atoms with Gasteiger partial charge in [-0.15, -0.1) is 0 Å². The Morgan fingerprint density at radius 3 is 2.77 bits per heavy atom. The predicted molar refractivity (Wildman–Crippen MR) is 45.5 cm³/mol. The Morgan fingerprint density at radius 2 is 2.38 bits per heavy atom. The van der Waals surface area contributed by atoms with Crippen molar-refractivity contribution in [1.29, 1.82) is 0 Å². The first-order chi connectivity index (χ1) is 5.98. The summed E-state index contributed by atoms with van der Waals surface area (Å²) in [7, 11) is 3.18. The Bertz CT molecular complexity index is 208. The first-order valence-corrected chi connectivity index (χ1v) is 4.13. The molecule has 1 aliphatic rings. The lowest BCUT2D eigenvalue weighted by atomic mass is 10.0. The van der Waals surface area contributed by atoms with Crippen LogP contribution < -0.4 is 0 Å². The lowest BCUT2D eigenvalue weighted by molar-refractivity contribution is -0.141. The number of aliphatic carboxylic acids is 1. The zero-order chi connectivity index (χ0) is 10.1. The third-order valence-electron chi connectivity index (χ3n) is 2.35. The Labute approximate surface area is 76.9 Å². The molecule has 0 spiro atoms. The van der Waals surface area contributed by atoms with E-state index >= 15 is 0 Å². The summed E-state index contributed by atoms with van der Waals surface area (Å²) >= 11 is 0. The quantitative estimate of drug-likeness (QED) is 0.605. The van der Waals surface area contributed by atoms with Gasteiger partial charge in [0.25, 0.3) is 0 Å². The maximum absolute atomic E-state index is 10.7. The number of hydrogen-bond donors (Lipinski definition) is 2. The van der Waals surface area contributed by atoms with Crippen LogP contribution in [0.25, 0.3) is 0 Å². The summed E-state index contributed by atoms with van der Waals surface area (Å²) in [5, 5.41) is 18.6. The Kier molecular flexibility index (Phi) is 2.90. The van der Waals surface area contributed by atoms with Gasteiger partial charge in [0.05, 0.1) is 6.61 Å². The van der Waals surface area contributed by atoms with Crippen LogP contribution in [-0.4, -0.2) is 60.0 Å². The van der Waals surface area contributed by atoms with Gasteiger partial charge >= 0.3 is 5.97 Å². The second kappa shape index (κ2) is 3.61. The minimum absolute atomic E-state index is 0.182. The molecule has 0 radical (unpaired) electrons. The molecule has 0 amide bonds. The maximum Gasteiger partial charge on any atom is 0.321 e. The van der Waals surface area contributed by atoms with E-state index in [2.05, 4.69) is 0 Å². The number of hydrogen-bond acceptors (Lipinski definition) is 4. The first-order valence-electron chi connectivity index (χ1n) is 4.13. The molecular formula is C8H15NO4. The van der Waals surface area contributed by atoms with E-state index in [9.17, 15) is 9.90 Å². The number of likely N-dealkylation sites (tertiary alicyclic amines) is 1. The highest BCUT2D eigenvalue weighted by Gasteiger charge is 2.44. The van der Waals surface area contributed by atoms with Crippen molar-refractivity contribution >= 4 is 5.97 Å². The molecule has 0 aromatic rings. The third kappa shape index (κ3) is 2.18. The smallest absolute Gasteiger partial charge is 0.321 e. The number of likely N-dealkylation sites (N-methyl/N-ethyl adjacent to an activating group) is 1. The molecule has 2 N–H and O–H groups in total. The molecule has 0 unspecified atom stereocenters. The number of β-amino-alcohol motifs (C(OH)–C–C–N with tert-alkyl or cyclic N) is 1. The van der Waals surface area contributed by atoms with Crippen molar-refractivity contribution in [3.63, 3.8) is 0 Å². The van der Waals surface area contributed by atoms with Crippen molar-refractivity contribution in [2.75, 3.05) is 27.3 Å². The summed E-state index contributed by atoms with van der Waals surface area (Å²) in [6, 6.07) is -0.597. The number of carboxylic acid groups (broad SMARTS) is 1. The average molecular weight is 189 g/mol. The Balaban J connectivity index is 2.63. The van der Waals surface area contributed by atoms with Gasteiger partial charge in [-0.05, 0) is 7.05 Å². The second-order valence-corrected chi connectivity index (χ2v) is 3.63. The molecular weight excluding hydrogens is 174 g/mol. The van der Waals surface area contributed by atoms with E-state index in [-0.39, 0.29) is 13.0 Å². The molecule has 5 heteroatoms. The van der Waals surface area contributed by atoms with E-state index in [0.717, 1.165) is 0 Å². The van der Waals surface area contributed by atoms with Crippen LogP contribution in [-0.2, 0) is 9.53 Å². The van der Waals surface area contributed by atoms with Crippen LogP contribution >= 0.6 is 0 Å². The topological polar surface area (TPSA) is 70.0 Å². The SMILES string of the molecule is COC[C@@]1(O)C[C@@H](C(=O)O)N(C)C1. The molecule has 0 aromatic carbocycles. The van der Waals surface area contributed by atoms with E-state index in [4.69, 9.17) is 9.84 Å². The van der Waals surface area contributed by atoms with Gasteiger partial charge in [0.2, 0.25) is 0 Å². The van der Waals surface area contributed by atoms with Crippen LogP contribution in [0, 0.1) is 0 Å². The molecule has 2 atom stereocenters. The molecule has 5 nitrogen and oxygen atoms in total. The summed E-state index contributed by atoms with van der Waals surface area (Å²) < 4.78 is 4.84. The summed E-state index contributed by atoms with van der Waals surface area (Å²) in [5.74, 6) is -0.894. The van der Waals surface area contributed by atoms with Gasteiger partial charge in [0.15, 0.2) is 0 Å². The van der Waals surface area contributed by atoms with Crippen LogP contribution in [0.5, 0.6) is 0 Å². The first kappa shape index (κ1) is 10.4.